The Labute approximate surface area is 152 Å². The van der Waals surface area contributed by atoms with Gasteiger partial charge in [-0.15, -0.1) is 0 Å². The lowest BCUT2D eigenvalue weighted by atomic mass is 10.2. The molecule has 0 aliphatic rings. The number of nitro benzene ring substituents is 1. The van der Waals surface area contributed by atoms with Crippen LogP contribution in [0, 0.1) is 10.1 Å². The average molecular weight is 377 g/mol. The Bertz CT molecular complexity index is 952. The maximum Gasteiger partial charge on any atom is 0.291 e. The molecule has 0 bridgehead atoms. The molecule has 0 radical (unpaired) electrons. The van der Waals surface area contributed by atoms with E-state index in [9.17, 15) is 14.9 Å². The molecule has 0 fully saturated rings. The van der Waals surface area contributed by atoms with Crippen molar-refractivity contribution in [2.75, 3.05) is 5.32 Å². The summed E-state index contributed by atoms with van der Waals surface area (Å²) in [6, 6.07) is 13.9. The number of amides is 1. The number of benzene rings is 2. The first-order chi connectivity index (χ1) is 11.9. The predicted octanol–water partition coefficient (Wildman–Crippen LogP) is 5.41. The summed E-state index contributed by atoms with van der Waals surface area (Å²) in [5, 5.41) is 14.1. The minimum atomic E-state index is -0.572. The first-order valence-electron chi connectivity index (χ1n) is 7.05. The molecule has 1 amide bonds. The second-order valence-electron chi connectivity index (χ2n) is 5.05. The molecule has 126 valence electrons. The number of hydrogen-bond acceptors (Lipinski definition) is 4. The van der Waals surface area contributed by atoms with Crippen LogP contribution in [-0.4, -0.2) is 10.8 Å². The summed E-state index contributed by atoms with van der Waals surface area (Å²) in [6.07, 6.45) is 0. The van der Waals surface area contributed by atoms with Crippen LogP contribution in [0.5, 0.6) is 0 Å². The van der Waals surface area contributed by atoms with Crippen molar-refractivity contribution in [1.82, 2.24) is 0 Å². The summed E-state index contributed by atoms with van der Waals surface area (Å²) in [5.41, 5.74) is 0.711. The monoisotopic (exact) mass is 376 g/mol. The van der Waals surface area contributed by atoms with Crippen molar-refractivity contribution in [2.45, 2.75) is 0 Å². The SMILES string of the molecule is O=C(Nc1cc([N+](=O)[O-])ccc1Cl)c1ccc(-c2ccc(Cl)cc2)o1. The molecule has 0 spiro atoms. The minimum absolute atomic E-state index is 0.0486. The van der Waals surface area contributed by atoms with Gasteiger partial charge in [0, 0.05) is 22.7 Å². The minimum Gasteiger partial charge on any atom is -0.451 e. The van der Waals surface area contributed by atoms with Crippen molar-refractivity contribution in [1.29, 1.82) is 0 Å². The topological polar surface area (TPSA) is 85.4 Å². The third-order valence-electron chi connectivity index (χ3n) is 3.37. The molecule has 0 saturated heterocycles. The van der Waals surface area contributed by atoms with Crippen molar-refractivity contribution in [2.24, 2.45) is 0 Å². The van der Waals surface area contributed by atoms with Gasteiger partial charge >= 0.3 is 0 Å². The molecule has 1 heterocycles. The van der Waals surface area contributed by atoms with E-state index in [1.807, 2.05) is 0 Å². The second-order valence-corrected chi connectivity index (χ2v) is 5.89. The van der Waals surface area contributed by atoms with Gasteiger partial charge in [-0.25, -0.2) is 0 Å². The molecule has 0 aliphatic heterocycles. The highest BCUT2D eigenvalue weighted by atomic mass is 35.5. The number of furan rings is 1. The zero-order chi connectivity index (χ0) is 18.0. The number of nitrogens with zero attached hydrogens (tertiary/aromatic N) is 1. The molecular weight excluding hydrogens is 367 g/mol. The highest BCUT2D eigenvalue weighted by molar-refractivity contribution is 6.34. The predicted molar refractivity (Wildman–Crippen MR) is 95.2 cm³/mol. The number of carbonyl (C=O) groups excluding carboxylic acids is 1. The number of halogens is 2. The second kappa shape index (κ2) is 6.96. The summed E-state index contributed by atoms with van der Waals surface area (Å²) in [4.78, 5) is 22.5. The average Bonchev–Trinajstić information content (AvgIpc) is 3.07. The van der Waals surface area contributed by atoms with Crippen LogP contribution in [0.1, 0.15) is 10.6 Å². The standard InChI is InChI=1S/C17H10Cl2N2O4/c18-11-3-1-10(2-4-11)15-7-8-16(25-15)17(22)20-14-9-12(21(23)24)5-6-13(14)19/h1-9H,(H,20,22). The van der Waals surface area contributed by atoms with E-state index < -0.39 is 10.8 Å². The number of anilines is 1. The molecule has 0 aliphatic carbocycles. The van der Waals surface area contributed by atoms with Crippen molar-refractivity contribution < 1.29 is 14.1 Å². The summed E-state index contributed by atoms with van der Waals surface area (Å²) >= 11 is 11.8. The Hall–Kier alpha value is -2.83. The van der Waals surface area contributed by atoms with Crippen LogP contribution in [-0.2, 0) is 0 Å². The van der Waals surface area contributed by atoms with E-state index in [0.29, 0.717) is 10.8 Å². The third kappa shape index (κ3) is 3.81. The van der Waals surface area contributed by atoms with E-state index in [2.05, 4.69) is 5.32 Å². The summed E-state index contributed by atoms with van der Waals surface area (Å²) in [6.45, 7) is 0. The molecule has 8 heteroatoms. The maximum absolute atomic E-state index is 12.3. The fourth-order valence-electron chi connectivity index (χ4n) is 2.14. The van der Waals surface area contributed by atoms with Gasteiger partial charge in [-0.2, -0.15) is 0 Å². The van der Waals surface area contributed by atoms with Crippen molar-refractivity contribution in [3.05, 3.63) is 80.5 Å². The third-order valence-corrected chi connectivity index (χ3v) is 3.95. The number of hydrogen-bond donors (Lipinski definition) is 1. The summed E-state index contributed by atoms with van der Waals surface area (Å²) < 4.78 is 5.53. The zero-order valence-electron chi connectivity index (χ0n) is 12.5. The van der Waals surface area contributed by atoms with Crippen LogP contribution in [0.2, 0.25) is 10.0 Å². The van der Waals surface area contributed by atoms with Gasteiger partial charge in [-0.1, -0.05) is 23.2 Å². The Balaban J connectivity index is 1.82. The molecular formula is C17H10Cl2N2O4. The molecule has 0 unspecified atom stereocenters. The number of nitro groups is 1. The highest BCUT2D eigenvalue weighted by Gasteiger charge is 2.16. The molecule has 0 saturated carbocycles. The van der Waals surface area contributed by atoms with E-state index in [1.54, 1.807) is 30.3 Å². The summed E-state index contributed by atoms with van der Waals surface area (Å²) in [7, 11) is 0. The normalized spacial score (nSPS) is 10.5. The number of rotatable bonds is 4. The fraction of sp³-hybridized carbons (Fsp3) is 0. The van der Waals surface area contributed by atoms with Gasteiger partial charge in [0.1, 0.15) is 5.76 Å². The van der Waals surface area contributed by atoms with Gasteiger partial charge < -0.3 is 9.73 Å². The van der Waals surface area contributed by atoms with Crippen LogP contribution in [0.3, 0.4) is 0 Å². The number of nitrogens with one attached hydrogen (secondary N) is 1. The quantitative estimate of drug-likeness (QED) is 0.486. The molecule has 3 rings (SSSR count). The molecule has 1 aromatic heterocycles. The van der Waals surface area contributed by atoms with Crippen molar-refractivity contribution in [3.63, 3.8) is 0 Å². The van der Waals surface area contributed by atoms with Gasteiger partial charge in [-0.3, -0.25) is 14.9 Å². The first kappa shape index (κ1) is 17.0. The lowest BCUT2D eigenvalue weighted by molar-refractivity contribution is -0.384. The first-order valence-corrected chi connectivity index (χ1v) is 7.81. The molecule has 6 nitrogen and oxygen atoms in total. The van der Waals surface area contributed by atoms with Gasteiger partial charge in [0.2, 0.25) is 0 Å². The lowest BCUT2D eigenvalue weighted by Gasteiger charge is -2.05. The fourth-order valence-corrected chi connectivity index (χ4v) is 2.43. The molecule has 2 aromatic carbocycles. The van der Waals surface area contributed by atoms with Crippen molar-refractivity contribution in [3.8, 4) is 11.3 Å². The molecule has 3 aromatic rings. The van der Waals surface area contributed by atoms with Gasteiger partial charge in [-0.05, 0) is 42.5 Å². The summed E-state index contributed by atoms with van der Waals surface area (Å²) in [5.74, 6) is -0.0258. The van der Waals surface area contributed by atoms with E-state index in [1.165, 1.54) is 24.3 Å². The van der Waals surface area contributed by atoms with E-state index in [-0.39, 0.29) is 22.2 Å². The molecule has 25 heavy (non-hydrogen) atoms. The van der Waals surface area contributed by atoms with Gasteiger partial charge in [0.05, 0.1) is 15.6 Å². The van der Waals surface area contributed by atoms with E-state index in [4.69, 9.17) is 27.6 Å². The number of non-ortho nitro benzene ring substituents is 1. The number of carbonyl (C=O) groups is 1. The lowest BCUT2D eigenvalue weighted by Crippen LogP contribution is -2.11. The smallest absolute Gasteiger partial charge is 0.291 e. The Morgan fingerprint density at radius 2 is 1.76 bits per heavy atom. The Morgan fingerprint density at radius 3 is 2.44 bits per heavy atom. The maximum atomic E-state index is 12.3. The van der Waals surface area contributed by atoms with Crippen LogP contribution >= 0.6 is 23.2 Å². The molecule has 1 N–H and O–H groups in total. The van der Waals surface area contributed by atoms with Crippen LogP contribution < -0.4 is 5.32 Å². The Kier molecular flexibility index (Phi) is 4.74. The highest BCUT2D eigenvalue weighted by Crippen LogP contribution is 2.28. The van der Waals surface area contributed by atoms with E-state index in [0.717, 1.165) is 5.56 Å². The van der Waals surface area contributed by atoms with Crippen molar-refractivity contribution >= 4 is 40.5 Å². The van der Waals surface area contributed by atoms with E-state index >= 15 is 0 Å². The van der Waals surface area contributed by atoms with Crippen LogP contribution in [0.15, 0.2) is 59.0 Å². The van der Waals surface area contributed by atoms with Crippen LogP contribution in [0.4, 0.5) is 11.4 Å². The van der Waals surface area contributed by atoms with Gasteiger partial charge in [0.15, 0.2) is 5.76 Å². The van der Waals surface area contributed by atoms with Crippen LogP contribution in [0.25, 0.3) is 11.3 Å². The zero-order valence-corrected chi connectivity index (χ0v) is 14.0. The van der Waals surface area contributed by atoms with Gasteiger partial charge in [0.25, 0.3) is 11.6 Å². The molecule has 0 atom stereocenters. The Morgan fingerprint density at radius 1 is 1.04 bits per heavy atom. The largest absolute Gasteiger partial charge is 0.451 e.